The van der Waals surface area contributed by atoms with E-state index in [0.29, 0.717) is 6.07 Å². The summed E-state index contributed by atoms with van der Waals surface area (Å²) in [5, 5.41) is 19.6. The summed E-state index contributed by atoms with van der Waals surface area (Å²) in [5.74, 6) is -0.533. The second-order valence-electron chi connectivity index (χ2n) is 2.56. The summed E-state index contributed by atoms with van der Waals surface area (Å²) in [4.78, 5) is 0. The molecule has 0 aromatic heterocycles. The molecule has 6 heteroatoms. The normalized spacial score (nSPS) is 12.2. The quantitative estimate of drug-likeness (QED) is 0.419. The van der Waals surface area contributed by atoms with Gasteiger partial charge in [-0.05, 0) is 18.2 Å². The van der Waals surface area contributed by atoms with E-state index in [1.165, 1.54) is 0 Å². The van der Waals surface area contributed by atoms with E-state index in [4.69, 9.17) is 10.3 Å². The van der Waals surface area contributed by atoms with Crippen molar-refractivity contribution >= 4 is 6.21 Å². The summed E-state index contributed by atoms with van der Waals surface area (Å²) < 4.78 is 36.5. The molecule has 0 radical (unpaired) electrons. The maximum absolute atomic E-state index is 12.2. The molecule has 0 atom stereocenters. The molecule has 0 unspecified atom stereocenters. The van der Waals surface area contributed by atoms with E-state index < -0.39 is 17.5 Å². The molecule has 0 aliphatic rings. The van der Waals surface area contributed by atoms with Crippen LogP contribution in [0.25, 0.3) is 0 Å². The molecular formula is C8H6F3NO2. The van der Waals surface area contributed by atoms with Crippen LogP contribution in [0.15, 0.2) is 23.4 Å². The molecule has 0 heterocycles. The summed E-state index contributed by atoms with van der Waals surface area (Å²) in [6, 6.07) is 2.41. The molecule has 2 N–H and O–H groups in total. The van der Waals surface area contributed by atoms with Gasteiger partial charge in [-0.15, -0.1) is 0 Å². The Morgan fingerprint density at radius 1 is 1.21 bits per heavy atom. The SMILES string of the molecule is ON=Cc1cc(O)cc(C(F)(F)F)c1. The van der Waals surface area contributed by atoms with Crippen molar-refractivity contribution in [1.82, 2.24) is 0 Å². The van der Waals surface area contributed by atoms with Gasteiger partial charge in [0.15, 0.2) is 0 Å². The summed E-state index contributed by atoms with van der Waals surface area (Å²) in [5.41, 5.74) is -1.02. The lowest BCUT2D eigenvalue weighted by Gasteiger charge is -2.07. The predicted molar refractivity (Wildman–Crippen MR) is 42.5 cm³/mol. The van der Waals surface area contributed by atoms with Crippen LogP contribution in [0.3, 0.4) is 0 Å². The number of hydrogen-bond donors (Lipinski definition) is 2. The van der Waals surface area contributed by atoms with Crippen LogP contribution in [0.2, 0.25) is 0 Å². The molecular weight excluding hydrogens is 199 g/mol. The molecule has 0 fully saturated rings. The number of phenols is 1. The zero-order valence-corrected chi connectivity index (χ0v) is 6.78. The van der Waals surface area contributed by atoms with Gasteiger partial charge in [0.25, 0.3) is 0 Å². The molecule has 76 valence electrons. The Labute approximate surface area is 77.1 Å². The number of rotatable bonds is 1. The van der Waals surface area contributed by atoms with Crippen molar-refractivity contribution in [3.05, 3.63) is 29.3 Å². The van der Waals surface area contributed by atoms with Crippen LogP contribution in [-0.2, 0) is 6.18 Å². The van der Waals surface area contributed by atoms with E-state index >= 15 is 0 Å². The van der Waals surface area contributed by atoms with Crippen molar-refractivity contribution in [3.63, 3.8) is 0 Å². The molecule has 0 aliphatic carbocycles. The van der Waals surface area contributed by atoms with E-state index in [9.17, 15) is 13.2 Å². The minimum absolute atomic E-state index is 0.0279. The van der Waals surface area contributed by atoms with Gasteiger partial charge in [-0.25, -0.2) is 0 Å². The van der Waals surface area contributed by atoms with Crippen molar-refractivity contribution in [1.29, 1.82) is 0 Å². The second kappa shape index (κ2) is 3.57. The highest BCUT2D eigenvalue weighted by Gasteiger charge is 2.31. The number of nitrogens with zero attached hydrogens (tertiary/aromatic N) is 1. The molecule has 1 aromatic carbocycles. The van der Waals surface area contributed by atoms with E-state index in [-0.39, 0.29) is 5.56 Å². The van der Waals surface area contributed by atoms with Gasteiger partial charge in [0.2, 0.25) is 0 Å². The van der Waals surface area contributed by atoms with Gasteiger partial charge in [0.05, 0.1) is 11.8 Å². The van der Waals surface area contributed by atoms with E-state index in [1.54, 1.807) is 0 Å². The minimum atomic E-state index is -4.53. The third kappa shape index (κ3) is 2.38. The lowest BCUT2D eigenvalue weighted by atomic mass is 10.1. The molecule has 0 aliphatic heterocycles. The van der Waals surface area contributed by atoms with Gasteiger partial charge in [0, 0.05) is 5.56 Å². The Kier molecular flexibility index (Phi) is 2.64. The number of alkyl halides is 3. The third-order valence-corrected chi connectivity index (χ3v) is 1.47. The molecule has 3 nitrogen and oxygen atoms in total. The highest BCUT2D eigenvalue weighted by Crippen LogP contribution is 2.31. The zero-order valence-electron chi connectivity index (χ0n) is 6.78. The van der Waals surface area contributed by atoms with Crippen LogP contribution in [0.5, 0.6) is 5.75 Å². The number of halogens is 3. The summed E-state index contributed by atoms with van der Waals surface area (Å²) in [6.07, 6.45) is -3.73. The molecule has 0 saturated heterocycles. The first-order valence-corrected chi connectivity index (χ1v) is 3.52. The van der Waals surface area contributed by atoms with Crippen molar-refractivity contribution in [2.24, 2.45) is 5.16 Å². The molecule has 0 bridgehead atoms. The van der Waals surface area contributed by atoms with E-state index in [2.05, 4.69) is 5.16 Å². The van der Waals surface area contributed by atoms with Crippen molar-refractivity contribution in [2.75, 3.05) is 0 Å². The lowest BCUT2D eigenvalue weighted by Crippen LogP contribution is -2.05. The van der Waals surface area contributed by atoms with Crippen molar-refractivity contribution in [3.8, 4) is 5.75 Å². The Balaban J connectivity index is 3.20. The average molecular weight is 205 g/mol. The molecule has 14 heavy (non-hydrogen) atoms. The topological polar surface area (TPSA) is 52.8 Å². The van der Waals surface area contributed by atoms with Gasteiger partial charge in [-0.3, -0.25) is 0 Å². The first-order valence-electron chi connectivity index (χ1n) is 3.52. The predicted octanol–water partition coefficient (Wildman–Crippen LogP) is 2.22. The van der Waals surface area contributed by atoms with Crippen LogP contribution in [0.4, 0.5) is 13.2 Å². The van der Waals surface area contributed by atoms with Gasteiger partial charge in [0.1, 0.15) is 5.75 Å². The summed E-state index contributed by atoms with van der Waals surface area (Å²) in [7, 11) is 0. The monoisotopic (exact) mass is 205 g/mol. The maximum Gasteiger partial charge on any atom is 0.416 e. The fraction of sp³-hybridized carbons (Fsp3) is 0.125. The van der Waals surface area contributed by atoms with E-state index in [1.807, 2.05) is 0 Å². The van der Waals surface area contributed by atoms with Crippen LogP contribution in [-0.4, -0.2) is 16.5 Å². The smallest absolute Gasteiger partial charge is 0.416 e. The highest BCUT2D eigenvalue weighted by atomic mass is 19.4. The first kappa shape index (κ1) is 10.4. The highest BCUT2D eigenvalue weighted by molar-refractivity contribution is 5.80. The number of benzene rings is 1. The molecule has 1 rings (SSSR count). The Morgan fingerprint density at radius 3 is 2.36 bits per heavy atom. The molecule has 0 saturated carbocycles. The first-order chi connectivity index (χ1) is 6.43. The average Bonchev–Trinajstić information content (AvgIpc) is 2.02. The van der Waals surface area contributed by atoms with Crippen LogP contribution in [0, 0.1) is 0 Å². The Bertz CT molecular complexity index is 360. The Hall–Kier alpha value is -1.72. The lowest BCUT2D eigenvalue weighted by molar-refractivity contribution is -0.137. The fourth-order valence-corrected chi connectivity index (χ4v) is 0.940. The number of aromatic hydroxyl groups is 1. The maximum atomic E-state index is 12.2. The number of oxime groups is 1. The molecule has 1 aromatic rings. The van der Waals surface area contributed by atoms with Gasteiger partial charge >= 0.3 is 6.18 Å². The molecule has 0 spiro atoms. The minimum Gasteiger partial charge on any atom is -0.508 e. The van der Waals surface area contributed by atoms with Crippen LogP contribution in [0.1, 0.15) is 11.1 Å². The van der Waals surface area contributed by atoms with Crippen molar-refractivity contribution < 1.29 is 23.5 Å². The number of hydrogen-bond acceptors (Lipinski definition) is 3. The summed E-state index contributed by atoms with van der Waals surface area (Å²) in [6.45, 7) is 0. The zero-order chi connectivity index (χ0) is 10.8. The summed E-state index contributed by atoms with van der Waals surface area (Å²) >= 11 is 0. The Morgan fingerprint density at radius 2 is 1.86 bits per heavy atom. The standard InChI is InChI=1S/C8H6F3NO2/c9-8(10,11)6-1-5(4-12-14)2-7(13)3-6/h1-4,13-14H. The van der Waals surface area contributed by atoms with E-state index in [0.717, 1.165) is 18.3 Å². The van der Waals surface area contributed by atoms with Gasteiger partial charge in [-0.2, -0.15) is 13.2 Å². The van der Waals surface area contributed by atoms with Gasteiger partial charge in [-0.1, -0.05) is 5.16 Å². The van der Waals surface area contributed by atoms with Crippen LogP contribution < -0.4 is 0 Å². The number of phenolic OH excluding ortho intramolecular Hbond substituents is 1. The third-order valence-electron chi connectivity index (χ3n) is 1.47. The van der Waals surface area contributed by atoms with Crippen LogP contribution >= 0.6 is 0 Å². The largest absolute Gasteiger partial charge is 0.508 e. The molecule has 0 amide bonds. The van der Waals surface area contributed by atoms with Gasteiger partial charge < -0.3 is 10.3 Å². The fourth-order valence-electron chi connectivity index (χ4n) is 0.940. The second-order valence-corrected chi connectivity index (χ2v) is 2.56. The van der Waals surface area contributed by atoms with Crippen molar-refractivity contribution in [2.45, 2.75) is 6.18 Å².